The fraction of sp³-hybridized carbons (Fsp3) is 0.560. The van der Waals surface area contributed by atoms with E-state index in [2.05, 4.69) is 39.4 Å². The molecule has 0 radical (unpaired) electrons. The van der Waals surface area contributed by atoms with E-state index in [1.807, 2.05) is 12.1 Å². The average molecular weight is 471 g/mol. The fourth-order valence-corrected chi connectivity index (χ4v) is 5.32. The van der Waals surface area contributed by atoms with E-state index in [1.54, 1.807) is 5.01 Å². The number of halogens is 1. The third kappa shape index (κ3) is 5.95. The zero-order valence-corrected chi connectivity index (χ0v) is 20.2. The standard InChI is InChI=1S/C25H35ClN6O/c1-2-31(20-8-4-3-5-9-20)17-18-12-14-19(15-13-18)24(33)30-32(21-10-6-7-11-21)23-22(26)16-28-25(27)29-23/h12-16,20-21H,2-11,17H2,1H3,(H,30,33)(H2,27,28,29). The second kappa shape index (κ2) is 11.2. The Morgan fingerprint density at radius 3 is 2.36 bits per heavy atom. The molecule has 178 valence electrons. The number of anilines is 2. The molecule has 0 saturated heterocycles. The van der Waals surface area contributed by atoms with Crippen molar-refractivity contribution in [2.75, 3.05) is 17.3 Å². The molecule has 8 heteroatoms. The van der Waals surface area contributed by atoms with Crippen molar-refractivity contribution in [3.63, 3.8) is 0 Å². The van der Waals surface area contributed by atoms with E-state index in [0.29, 0.717) is 22.4 Å². The van der Waals surface area contributed by atoms with Gasteiger partial charge in [-0.2, -0.15) is 4.98 Å². The lowest BCUT2D eigenvalue weighted by Crippen LogP contribution is -2.48. The van der Waals surface area contributed by atoms with E-state index < -0.39 is 0 Å². The van der Waals surface area contributed by atoms with Gasteiger partial charge in [0.1, 0.15) is 5.02 Å². The minimum absolute atomic E-state index is 0.133. The van der Waals surface area contributed by atoms with Gasteiger partial charge >= 0.3 is 0 Å². The first-order valence-electron chi connectivity index (χ1n) is 12.3. The molecule has 0 atom stereocenters. The molecule has 4 rings (SSSR count). The van der Waals surface area contributed by atoms with Gasteiger partial charge in [-0.1, -0.05) is 62.8 Å². The average Bonchev–Trinajstić information content (AvgIpc) is 3.38. The first kappa shape index (κ1) is 23.8. The van der Waals surface area contributed by atoms with Crippen LogP contribution >= 0.6 is 11.6 Å². The van der Waals surface area contributed by atoms with E-state index in [4.69, 9.17) is 17.3 Å². The molecule has 1 aromatic heterocycles. The third-order valence-corrected chi connectivity index (χ3v) is 7.25. The van der Waals surface area contributed by atoms with Crippen molar-refractivity contribution in [1.82, 2.24) is 20.3 Å². The largest absolute Gasteiger partial charge is 0.368 e. The lowest BCUT2D eigenvalue weighted by molar-refractivity contribution is 0.0944. The summed E-state index contributed by atoms with van der Waals surface area (Å²) in [5, 5.41) is 2.15. The zero-order chi connectivity index (χ0) is 23.2. The first-order chi connectivity index (χ1) is 16.0. The van der Waals surface area contributed by atoms with Crippen LogP contribution in [0, 0.1) is 0 Å². The number of hydrogen-bond acceptors (Lipinski definition) is 6. The Morgan fingerprint density at radius 1 is 1.06 bits per heavy atom. The van der Waals surface area contributed by atoms with Gasteiger partial charge in [0.15, 0.2) is 5.82 Å². The second-order valence-electron chi connectivity index (χ2n) is 9.20. The van der Waals surface area contributed by atoms with Gasteiger partial charge in [-0.3, -0.25) is 20.1 Å². The SMILES string of the molecule is CCN(Cc1ccc(C(=O)NN(c2nc(N)ncc2Cl)C2CCCC2)cc1)C1CCCCC1. The summed E-state index contributed by atoms with van der Waals surface area (Å²) in [6, 6.07) is 8.75. The van der Waals surface area contributed by atoms with E-state index >= 15 is 0 Å². The molecular weight excluding hydrogens is 436 g/mol. The molecule has 3 N–H and O–H groups in total. The van der Waals surface area contributed by atoms with Crippen LogP contribution in [0.3, 0.4) is 0 Å². The molecule has 1 amide bonds. The Labute approximate surface area is 201 Å². The monoisotopic (exact) mass is 470 g/mol. The van der Waals surface area contributed by atoms with Gasteiger partial charge in [0, 0.05) is 18.2 Å². The number of benzene rings is 1. The van der Waals surface area contributed by atoms with Gasteiger partial charge in [0.05, 0.1) is 12.2 Å². The van der Waals surface area contributed by atoms with Crippen molar-refractivity contribution in [3.8, 4) is 0 Å². The van der Waals surface area contributed by atoms with Crippen molar-refractivity contribution < 1.29 is 4.79 Å². The molecule has 7 nitrogen and oxygen atoms in total. The zero-order valence-electron chi connectivity index (χ0n) is 19.5. The molecule has 1 aromatic carbocycles. The van der Waals surface area contributed by atoms with Crippen LogP contribution in [0.5, 0.6) is 0 Å². The molecule has 0 spiro atoms. The Hall–Kier alpha value is -2.38. The quantitative estimate of drug-likeness (QED) is 0.530. The molecule has 0 unspecified atom stereocenters. The highest BCUT2D eigenvalue weighted by molar-refractivity contribution is 6.32. The third-order valence-electron chi connectivity index (χ3n) is 6.98. The molecule has 0 bridgehead atoms. The summed E-state index contributed by atoms with van der Waals surface area (Å²) in [6.07, 6.45) is 12.2. The van der Waals surface area contributed by atoms with Crippen molar-refractivity contribution in [3.05, 3.63) is 46.6 Å². The minimum atomic E-state index is -0.179. The van der Waals surface area contributed by atoms with E-state index in [0.717, 1.165) is 38.8 Å². The Balaban J connectivity index is 1.45. The van der Waals surface area contributed by atoms with E-state index in [9.17, 15) is 4.79 Å². The molecule has 2 aromatic rings. The molecule has 0 aliphatic heterocycles. The number of hydrogen-bond donors (Lipinski definition) is 2. The molecular formula is C25H35ClN6O. The molecule has 2 aliphatic carbocycles. The number of nitrogens with two attached hydrogens (primary N) is 1. The summed E-state index contributed by atoms with van der Waals surface area (Å²) < 4.78 is 0. The number of rotatable bonds is 8. The number of nitrogens with one attached hydrogen (secondary N) is 1. The Morgan fingerprint density at radius 2 is 1.70 bits per heavy atom. The van der Waals surface area contributed by atoms with Gasteiger partial charge in [-0.25, -0.2) is 4.98 Å². The number of aromatic nitrogens is 2. The van der Waals surface area contributed by atoms with Crippen LogP contribution in [-0.4, -0.2) is 39.4 Å². The predicted octanol–water partition coefficient (Wildman–Crippen LogP) is 4.96. The number of amides is 1. The number of nitrogens with zero attached hydrogens (tertiary/aromatic N) is 4. The maximum absolute atomic E-state index is 13.1. The van der Waals surface area contributed by atoms with Crippen LogP contribution in [0.15, 0.2) is 30.5 Å². The Bertz CT molecular complexity index is 925. The van der Waals surface area contributed by atoms with Crippen LogP contribution in [0.2, 0.25) is 5.02 Å². The number of nitrogen functional groups attached to an aromatic ring is 1. The van der Waals surface area contributed by atoms with Crippen LogP contribution in [-0.2, 0) is 6.54 Å². The summed E-state index contributed by atoms with van der Waals surface area (Å²) >= 11 is 6.37. The molecule has 33 heavy (non-hydrogen) atoms. The topological polar surface area (TPSA) is 87.4 Å². The van der Waals surface area contributed by atoms with Crippen LogP contribution in [0.25, 0.3) is 0 Å². The summed E-state index contributed by atoms with van der Waals surface area (Å²) in [5.41, 5.74) is 10.7. The predicted molar refractivity (Wildman–Crippen MR) is 133 cm³/mol. The minimum Gasteiger partial charge on any atom is -0.368 e. The fourth-order valence-electron chi connectivity index (χ4n) is 5.14. The van der Waals surface area contributed by atoms with Crippen molar-refractivity contribution in [2.24, 2.45) is 0 Å². The van der Waals surface area contributed by atoms with Gasteiger partial charge in [0.2, 0.25) is 5.95 Å². The molecule has 2 fully saturated rings. The summed E-state index contributed by atoms with van der Waals surface area (Å²) in [5.74, 6) is 0.405. The maximum atomic E-state index is 13.1. The highest BCUT2D eigenvalue weighted by atomic mass is 35.5. The maximum Gasteiger partial charge on any atom is 0.269 e. The van der Waals surface area contributed by atoms with Gasteiger partial charge in [0.25, 0.3) is 5.91 Å². The van der Waals surface area contributed by atoms with Gasteiger partial charge in [-0.15, -0.1) is 0 Å². The molecule has 1 heterocycles. The smallest absolute Gasteiger partial charge is 0.269 e. The number of carbonyl (C=O) groups excluding carboxylic acids is 1. The van der Waals surface area contributed by atoms with Crippen molar-refractivity contribution in [2.45, 2.75) is 83.3 Å². The number of carbonyl (C=O) groups is 1. The highest BCUT2D eigenvalue weighted by Gasteiger charge is 2.28. The summed E-state index contributed by atoms with van der Waals surface area (Å²) in [7, 11) is 0. The summed E-state index contributed by atoms with van der Waals surface area (Å²) in [4.78, 5) is 24.0. The normalized spacial score (nSPS) is 17.4. The lowest BCUT2D eigenvalue weighted by atomic mass is 9.94. The summed E-state index contributed by atoms with van der Waals surface area (Å²) in [6.45, 7) is 4.21. The number of hydrazine groups is 1. The van der Waals surface area contributed by atoms with Crippen molar-refractivity contribution in [1.29, 1.82) is 0 Å². The molecule has 2 aliphatic rings. The van der Waals surface area contributed by atoms with Gasteiger partial charge < -0.3 is 5.73 Å². The van der Waals surface area contributed by atoms with Gasteiger partial charge in [-0.05, 0) is 49.9 Å². The highest BCUT2D eigenvalue weighted by Crippen LogP contribution is 2.30. The molecule has 2 saturated carbocycles. The van der Waals surface area contributed by atoms with Crippen LogP contribution < -0.4 is 16.2 Å². The Kier molecular flexibility index (Phi) is 8.04. The first-order valence-corrected chi connectivity index (χ1v) is 12.6. The second-order valence-corrected chi connectivity index (χ2v) is 9.61. The van der Waals surface area contributed by atoms with Crippen molar-refractivity contribution >= 4 is 29.3 Å². The lowest BCUT2D eigenvalue weighted by Gasteiger charge is -2.33. The van der Waals surface area contributed by atoms with Crippen LogP contribution in [0.1, 0.15) is 80.6 Å². The van der Waals surface area contributed by atoms with Crippen LogP contribution in [0.4, 0.5) is 11.8 Å². The van der Waals surface area contributed by atoms with E-state index in [1.165, 1.54) is 43.9 Å². The van der Waals surface area contributed by atoms with E-state index in [-0.39, 0.29) is 17.9 Å².